The Kier molecular flexibility index (Phi) is 7.10. The highest BCUT2D eigenvalue weighted by molar-refractivity contribution is 5.96. The first-order valence-corrected chi connectivity index (χ1v) is 10.4. The number of esters is 1. The largest absolute Gasteiger partial charge is 0.496 e. The first kappa shape index (κ1) is 22.5. The average molecular weight is 426 g/mol. The van der Waals surface area contributed by atoms with Gasteiger partial charge < -0.3 is 14.4 Å². The summed E-state index contributed by atoms with van der Waals surface area (Å²) >= 11 is 0. The van der Waals surface area contributed by atoms with Crippen LogP contribution in [0.5, 0.6) is 5.75 Å². The Morgan fingerprint density at radius 1 is 1.16 bits per heavy atom. The Labute approximate surface area is 182 Å². The van der Waals surface area contributed by atoms with Gasteiger partial charge in [0.25, 0.3) is 0 Å². The Morgan fingerprint density at radius 2 is 1.84 bits per heavy atom. The molecule has 0 aliphatic carbocycles. The highest BCUT2D eigenvalue weighted by Crippen LogP contribution is 2.41. The standard InChI is InChI=1S/C25H28FNO4/c1-16(2)15-31-25(29)24-17(3)27(14-18-9-11-19(26)12-10-18)23(28)13-21(24)20-7-5-6-8-22(20)30-4/h5-12,16,21H,13-15H2,1-4H3/t21-/m0/s1. The number of amides is 1. The van der Waals surface area contributed by atoms with E-state index in [1.807, 2.05) is 38.1 Å². The van der Waals surface area contributed by atoms with Gasteiger partial charge >= 0.3 is 5.97 Å². The van der Waals surface area contributed by atoms with E-state index in [0.717, 1.165) is 11.1 Å². The summed E-state index contributed by atoms with van der Waals surface area (Å²) < 4.78 is 24.3. The van der Waals surface area contributed by atoms with Crippen LogP contribution in [-0.4, -0.2) is 30.5 Å². The van der Waals surface area contributed by atoms with E-state index in [1.165, 1.54) is 12.1 Å². The summed E-state index contributed by atoms with van der Waals surface area (Å²) in [6, 6.07) is 13.4. The predicted octanol–water partition coefficient (Wildman–Crippen LogP) is 4.82. The van der Waals surface area contributed by atoms with E-state index in [1.54, 1.807) is 31.1 Å². The fraction of sp³-hybridized carbons (Fsp3) is 0.360. The minimum absolute atomic E-state index is 0.113. The van der Waals surface area contributed by atoms with Gasteiger partial charge in [0.15, 0.2) is 0 Å². The van der Waals surface area contributed by atoms with Crippen molar-refractivity contribution in [3.05, 3.63) is 76.7 Å². The Balaban J connectivity index is 2.03. The van der Waals surface area contributed by atoms with Crippen molar-refractivity contribution in [3.8, 4) is 5.75 Å². The lowest BCUT2D eigenvalue weighted by molar-refractivity contribution is -0.141. The number of carbonyl (C=O) groups excluding carboxylic acids is 2. The molecule has 3 rings (SSSR count). The van der Waals surface area contributed by atoms with Crippen LogP contribution in [0.15, 0.2) is 59.8 Å². The second-order valence-corrected chi connectivity index (χ2v) is 8.10. The Hall–Kier alpha value is -3.15. The van der Waals surface area contributed by atoms with Crippen LogP contribution in [0.25, 0.3) is 0 Å². The minimum atomic E-state index is -0.465. The number of halogens is 1. The molecule has 0 saturated carbocycles. The van der Waals surface area contributed by atoms with Gasteiger partial charge in [0.1, 0.15) is 11.6 Å². The molecule has 0 fully saturated rings. The van der Waals surface area contributed by atoms with Gasteiger partial charge in [-0.3, -0.25) is 4.79 Å². The van der Waals surface area contributed by atoms with Crippen LogP contribution in [-0.2, 0) is 20.9 Å². The van der Waals surface area contributed by atoms with E-state index >= 15 is 0 Å². The first-order valence-electron chi connectivity index (χ1n) is 10.4. The van der Waals surface area contributed by atoms with Crippen molar-refractivity contribution in [2.24, 2.45) is 5.92 Å². The summed E-state index contributed by atoms with van der Waals surface area (Å²) in [4.78, 5) is 27.8. The molecule has 2 aromatic carbocycles. The maximum atomic E-state index is 13.3. The maximum Gasteiger partial charge on any atom is 0.336 e. The van der Waals surface area contributed by atoms with Crippen molar-refractivity contribution in [2.75, 3.05) is 13.7 Å². The minimum Gasteiger partial charge on any atom is -0.496 e. The lowest BCUT2D eigenvalue weighted by Crippen LogP contribution is -2.38. The van der Waals surface area contributed by atoms with Crippen LogP contribution < -0.4 is 4.74 Å². The molecule has 0 aromatic heterocycles. The molecule has 164 valence electrons. The number of hydrogen-bond donors (Lipinski definition) is 0. The number of benzene rings is 2. The van der Waals surface area contributed by atoms with Gasteiger partial charge in [-0.1, -0.05) is 44.2 Å². The summed E-state index contributed by atoms with van der Waals surface area (Å²) in [5.74, 6) is -0.538. The molecular weight excluding hydrogens is 397 g/mol. The zero-order chi connectivity index (χ0) is 22.5. The SMILES string of the molecule is COc1ccccc1[C@@H]1CC(=O)N(Cc2ccc(F)cc2)C(C)=C1C(=O)OCC(C)C. The van der Waals surface area contributed by atoms with E-state index in [0.29, 0.717) is 23.6 Å². The molecule has 0 spiro atoms. The highest BCUT2D eigenvalue weighted by atomic mass is 19.1. The normalized spacial score (nSPS) is 16.6. The number of allylic oxidation sites excluding steroid dienone is 1. The maximum absolute atomic E-state index is 13.3. The van der Waals surface area contributed by atoms with Crippen molar-refractivity contribution < 1.29 is 23.5 Å². The zero-order valence-electron chi connectivity index (χ0n) is 18.4. The molecule has 2 aromatic rings. The number of ether oxygens (including phenoxy) is 2. The molecule has 5 nitrogen and oxygen atoms in total. The van der Waals surface area contributed by atoms with Crippen molar-refractivity contribution >= 4 is 11.9 Å². The summed E-state index contributed by atoms with van der Waals surface area (Å²) in [6.07, 6.45) is 0.116. The topological polar surface area (TPSA) is 55.8 Å². The molecule has 0 radical (unpaired) electrons. The lowest BCUT2D eigenvalue weighted by Gasteiger charge is -2.35. The van der Waals surface area contributed by atoms with Crippen LogP contribution >= 0.6 is 0 Å². The molecule has 1 amide bonds. The Bertz CT molecular complexity index is 981. The van der Waals surface area contributed by atoms with Gasteiger partial charge in [0.2, 0.25) is 5.91 Å². The second kappa shape index (κ2) is 9.77. The van der Waals surface area contributed by atoms with E-state index < -0.39 is 11.9 Å². The molecule has 0 saturated heterocycles. The molecule has 1 atom stereocenters. The quantitative estimate of drug-likeness (QED) is 0.597. The summed E-state index contributed by atoms with van der Waals surface area (Å²) in [5, 5.41) is 0. The number of nitrogens with zero attached hydrogens (tertiary/aromatic N) is 1. The predicted molar refractivity (Wildman–Crippen MR) is 116 cm³/mol. The van der Waals surface area contributed by atoms with Crippen molar-refractivity contribution in [3.63, 3.8) is 0 Å². The first-order chi connectivity index (χ1) is 14.8. The van der Waals surface area contributed by atoms with E-state index in [-0.39, 0.29) is 30.6 Å². The van der Waals surface area contributed by atoms with Gasteiger partial charge in [0.05, 0.1) is 25.8 Å². The molecule has 1 aliphatic rings. The highest BCUT2D eigenvalue weighted by Gasteiger charge is 2.38. The smallest absolute Gasteiger partial charge is 0.336 e. The van der Waals surface area contributed by atoms with E-state index in [9.17, 15) is 14.0 Å². The lowest BCUT2D eigenvalue weighted by atomic mass is 9.83. The number of para-hydroxylation sites is 1. The Morgan fingerprint density at radius 3 is 2.48 bits per heavy atom. The second-order valence-electron chi connectivity index (χ2n) is 8.10. The summed E-state index contributed by atoms with van der Waals surface area (Å²) in [6.45, 7) is 6.24. The van der Waals surface area contributed by atoms with Crippen molar-refractivity contribution in [1.29, 1.82) is 0 Å². The van der Waals surface area contributed by atoms with Gasteiger partial charge in [0, 0.05) is 23.6 Å². The van der Waals surface area contributed by atoms with Crippen molar-refractivity contribution in [1.82, 2.24) is 4.90 Å². The van der Waals surface area contributed by atoms with Crippen LogP contribution in [0.3, 0.4) is 0 Å². The number of hydrogen-bond acceptors (Lipinski definition) is 4. The molecule has 6 heteroatoms. The number of carbonyl (C=O) groups is 2. The molecule has 0 N–H and O–H groups in total. The zero-order valence-corrected chi connectivity index (χ0v) is 18.4. The fourth-order valence-corrected chi connectivity index (χ4v) is 3.78. The van der Waals surface area contributed by atoms with Crippen LogP contribution in [0.1, 0.15) is 44.2 Å². The molecule has 0 unspecified atom stereocenters. The van der Waals surface area contributed by atoms with Crippen LogP contribution in [0, 0.1) is 11.7 Å². The third kappa shape index (κ3) is 5.13. The monoisotopic (exact) mass is 425 g/mol. The molecule has 0 bridgehead atoms. The number of rotatable bonds is 7. The van der Waals surface area contributed by atoms with Gasteiger partial charge in [-0.15, -0.1) is 0 Å². The van der Waals surface area contributed by atoms with Crippen LogP contribution in [0.2, 0.25) is 0 Å². The van der Waals surface area contributed by atoms with Crippen molar-refractivity contribution in [2.45, 2.75) is 39.7 Å². The average Bonchev–Trinajstić information content (AvgIpc) is 2.75. The van der Waals surface area contributed by atoms with Gasteiger partial charge in [-0.2, -0.15) is 0 Å². The summed E-state index contributed by atoms with van der Waals surface area (Å²) in [7, 11) is 1.57. The molecule has 1 heterocycles. The van der Waals surface area contributed by atoms with Gasteiger partial charge in [-0.25, -0.2) is 9.18 Å². The molecular formula is C25H28FNO4. The molecule has 1 aliphatic heterocycles. The third-order valence-electron chi connectivity index (χ3n) is 5.36. The summed E-state index contributed by atoms with van der Waals surface area (Å²) in [5.41, 5.74) is 2.55. The van der Waals surface area contributed by atoms with Crippen LogP contribution in [0.4, 0.5) is 4.39 Å². The van der Waals surface area contributed by atoms with E-state index in [4.69, 9.17) is 9.47 Å². The molecule has 31 heavy (non-hydrogen) atoms. The number of methoxy groups -OCH3 is 1. The van der Waals surface area contributed by atoms with Gasteiger partial charge in [-0.05, 0) is 36.6 Å². The fourth-order valence-electron chi connectivity index (χ4n) is 3.78. The van der Waals surface area contributed by atoms with E-state index in [2.05, 4.69) is 0 Å². The third-order valence-corrected chi connectivity index (χ3v) is 5.36.